The fourth-order valence-electron chi connectivity index (χ4n) is 2.62. The molecule has 1 atom stereocenters. The molecule has 112 valence electrons. The van der Waals surface area contributed by atoms with E-state index in [1.165, 1.54) is 31.5 Å². The number of rotatable bonds is 4. The molecule has 1 aromatic carbocycles. The number of halogens is 1. The first-order valence-corrected chi connectivity index (χ1v) is 6.99. The largest absolute Gasteiger partial charge is 0.370 e. The third-order valence-electron chi connectivity index (χ3n) is 3.61. The Hall–Kier alpha value is -0.820. The summed E-state index contributed by atoms with van der Waals surface area (Å²) in [6.07, 6.45) is 2.69. The van der Waals surface area contributed by atoms with Crippen LogP contribution in [0.25, 0.3) is 0 Å². The summed E-state index contributed by atoms with van der Waals surface area (Å²) in [5, 5.41) is 0. The van der Waals surface area contributed by atoms with Crippen molar-refractivity contribution in [2.75, 3.05) is 13.1 Å². The molecule has 2 rings (SSSR count). The molecule has 0 amide bonds. The van der Waals surface area contributed by atoms with Gasteiger partial charge in [0.15, 0.2) is 5.96 Å². The fourth-order valence-corrected chi connectivity index (χ4v) is 2.62. The van der Waals surface area contributed by atoms with Crippen molar-refractivity contribution in [1.29, 1.82) is 0 Å². The maximum absolute atomic E-state index is 5.33. The molecule has 20 heavy (non-hydrogen) atoms. The highest BCUT2D eigenvalue weighted by atomic mass is 127. The smallest absolute Gasteiger partial charge is 0.186 e. The molecule has 0 bridgehead atoms. The summed E-state index contributed by atoms with van der Waals surface area (Å²) in [6.45, 7) is 6.39. The van der Waals surface area contributed by atoms with Gasteiger partial charge in [-0.05, 0) is 36.4 Å². The lowest BCUT2D eigenvalue weighted by molar-refractivity contribution is 0.176. The lowest BCUT2D eigenvalue weighted by Gasteiger charge is -2.30. The Bertz CT molecular complexity index is 426. The van der Waals surface area contributed by atoms with Crippen LogP contribution in [0.3, 0.4) is 0 Å². The molecule has 1 saturated heterocycles. The molecule has 1 fully saturated rings. The number of aliphatic imine (C=N–C) groups is 1. The summed E-state index contributed by atoms with van der Waals surface area (Å²) >= 11 is 0. The van der Waals surface area contributed by atoms with E-state index < -0.39 is 0 Å². The minimum absolute atomic E-state index is 0. The third kappa shape index (κ3) is 5.66. The summed E-state index contributed by atoms with van der Waals surface area (Å²) in [6, 6.07) is 8.57. The normalized spacial score (nSPS) is 19.1. The second-order valence-electron chi connectivity index (χ2n) is 5.54. The van der Waals surface area contributed by atoms with Gasteiger partial charge in [-0.2, -0.15) is 0 Å². The Morgan fingerprint density at radius 1 is 1.25 bits per heavy atom. The van der Waals surface area contributed by atoms with Gasteiger partial charge in [0.25, 0.3) is 0 Å². The minimum Gasteiger partial charge on any atom is -0.370 e. The maximum atomic E-state index is 5.33. The van der Waals surface area contributed by atoms with Crippen LogP contribution in [0, 0.1) is 5.92 Å². The lowest BCUT2D eigenvalue weighted by Crippen LogP contribution is -2.33. The van der Waals surface area contributed by atoms with Gasteiger partial charge in [0, 0.05) is 13.1 Å². The molecule has 0 aromatic heterocycles. The topological polar surface area (TPSA) is 67.6 Å². The number of benzene rings is 1. The van der Waals surface area contributed by atoms with E-state index in [0.29, 0.717) is 6.54 Å². The van der Waals surface area contributed by atoms with Crippen LogP contribution in [-0.4, -0.2) is 23.9 Å². The molecular weight excluding hydrogens is 363 g/mol. The van der Waals surface area contributed by atoms with E-state index in [9.17, 15) is 0 Å². The molecule has 1 aliphatic rings. The molecule has 0 radical (unpaired) electrons. The number of nitrogens with zero attached hydrogens (tertiary/aromatic N) is 2. The monoisotopic (exact) mass is 388 g/mol. The van der Waals surface area contributed by atoms with Gasteiger partial charge in [-0.3, -0.25) is 4.90 Å². The van der Waals surface area contributed by atoms with E-state index in [4.69, 9.17) is 11.5 Å². The Kier molecular flexibility index (Phi) is 7.29. The Labute approximate surface area is 138 Å². The predicted octanol–water partition coefficient (Wildman–Crippen LogP) is 2.31. The molecule has 1 aromatic rings. The molecule has 1 heterocycles. The number of guanidine groups is 1. The van der Waals surface area contributed by atoms with Crippen molar-refractivity contribution in [2.45, 2.75) is 32.9 Å². The standard InChI is InChI=1S/C15H24N4.HI/c1-12-3-2-8-19(10-12)11-14-6-4-13(5-7-14)9-18-15(16)17;/h4-7,12H,2-3,8-11H2,1H3,(H4,16,17,18);1H. The van der Waals surface area contributed by atoms with Crippen molar-refractivity contribution in [2.24, 2.45) is 22.4 Å². The Morgan fingerprint density at radius 3 is 2.50 bits per heavy atom. The van der Waals surface area contributed by atoms with Crippen LogP contribution in [0.1, 0.15) is 30.9 Å². The summed E-state index contributed by atoms with van der Waals surface area (Å²) < 4.78 is 0. The first-order chi connectivity index (χ1) is 9.13. The zero-order chi connectivity index (χ0) is 13.7. The Morgan fingerprint density at radius 2 is 1.90 bits per heavy atom. The van der Waals surface area contributed by atoms with Gasteiger partial charge in [0.05, 0.1) is 6.54 Å². The molecule has 0 spiro atoms. The zero-order valence-electron chi connectivity index (χ0n) is 12.1. The molecule has 1 unspecified atom stereocenters. The van der Waals surface area contributed by atoms with E-state index in [2.05, 4.69) is 41.1 Å². The molecule has 4 nitrogen and oxygen atoms in total. The predicted molar refractivity (Wildman–Crippen MR) is 95.0 cm³/mol. The van der Waals surface area contributed by atoms with Crippen molar-refractivity contribution >= 4 is 29.9 Å². The van der Waals surface area contributed by atoms with Gasteiger partial charge >= 0.3 is 0 Å². The van der Waals surface area contributed by atoms with Crippen molar-refractivity contribution < 1.29 is 0 Å². The van der Waals surface area contributed by atoms with Crippen LogP contribution in [0.4, 0.5) is 0 Å². The second-order valence-corrected chi connectivity index (χ2v) is 5.54. The number of likely N-dealkylation sites (tertiary alicyclic amines) is 1. The molecule has 0 aliphatic carbocycles. The van der Waals surface area contributed by atoms with Crippen LogP contribution in [0.15, 0.2) is 29.3 Å². The van der Waals surface area contributed by atoms with E-state index in [0.717, 1.165) is 18.0 Å². The third-order valence-corrected chi connectivity index (χ3v) is 3.61. The van der Waals surface area contributed by atoms with Crippen LogP contribution in [0.5, 0.6) is 0 Å². The zero-order valence-corrected chi connectivity index (χ0v) is 14.4. The van der Waals surface area contributed by atoms with E-state index in [1.54, 1.807) is 0 Å². The highest BCUT2D eigenvalue weighted by Gasteiger charge is 2.15. The van der Waals surface area contributed by atoms with Gasteiger partial charge in [0.2, 0.25) is 0 Å². The lowest BCUT2D eigenvalue weighted by atomic mass is 9.99. The van der Waals surface area contributed by atoms with Gasteiger partial charge in [-0.25, -0.2) is 4.99 Å². The molecule has 4 N–H and O–H groups in total. The SMILES string of the molecule is CC1CCCN(Cc2ccc(CN=C(N)N)cc2)C1.I. The minimum atomic E-state index is 0. The van der Waals surface area contributed by atoms with Crippen molar-refractivity contribution in [3.63, 3.8) is 0 Å². The first-order valence-electron chi connectivity index (χ1n) is 6.99. The van der Waals surface area contributed by atoms with Crippen LogP contribution >= 0.6 is 24.0 Å². The van der Waals surface area contributed by atoms with Gasteiger partial charge in [-0.1, -0.05) is 31.2 Å². The first kappa shape index (κ1) is 17.2. The van der Waals surface area contributed by atoms with Crippen molar-refractivity contribution in [1.82, 2.24) is 4.90 Å². The summed E-state index contributed by atoms with van der Waals surface area (Å²) in [7, 11) is 0. The average molecular weight is 388 g/mol. The maximum Gasteiger partial charge on any atom is 0.186 e. The summed E-state index contributed by atoms with van der Waals surface area (Å²) in [5.74, 6) is 0.973. The van der Waals surface area contributed by atoms with Gasteiger partial charge < -0.3 is 11.5 Å². The van der Waals surface area contributed by atoms with Crippen LogP contribution in [-0.2, 0) is 13.1 Å². The molecule has 5 heteroatoms. The number of hydrogen-bond acceptors (Lipinski definition) is 2. The number of piperidine rings is 1. The van der Waals surface area contributed by atoms with E-state index in [1.807, 2.05) is 0 Å². The summed E-state index contributed by atoms with van der Waals surface area (Å²) in [4.78, 5) is 6.55. The van der Waals surface area contributed by atoms with Gasteiger partial charge in [-0.15, -0.1) is 24.0 Å². The summed E-state index contributed by atoms with van der Waals surface area (Å²) in [5.41, 5.74) is 13.2. The highest BCUT2D eigenvalue weighted by Crippen LogP contribution is 2.18. The molecule has 1 aliphatic heterocycles. The Balaban J connectivity index is 0.00000200. The van der Waals surface area contributed by atoms with Crippen molar-refractivity contribution in [3.8, 4) is 0 Å². The quantitative estimate of drug-likeness (QED) is 0.473. The highest BCUT2D eigenvalue weighted by molar-refractivity contribution is 14.0. The molecule has 0 saturated carbocycles. The molecular formula is C15H25IN4. The number of nitrogens with two attached hydrogens (primary N) is 2. The van der Waals surface area contributed by atoms with E-state index >= 15 is 0 Å². The fraction of sp³-hybridized carbons (Fsp3) is 0.533. The second kappa shape index (κ2) is 8.46. The van der Waals surface area contributed by atoms with E-state index in [-0.39, 0.29) is 29.9 Å². The van der Waals surface area contributed by atoms with Crippen LogP contribution in [0.2, 0.25) is 0 Å². The van der Waals surface area contributed by atoms with Crippen LogP contribution < -0.4 is 11.5 Å². The van der Waals surface area contributed by atoms with Gasteiger partial charge in [0.1, 0.15) is 0 Å². The van der Waals surface area contributed by atoms with Crippen molar-refractivity contribution in [3.05, 3.63) is 35.4 Å². The number of hydrogen-bond donors (Lipinski definition) is 2. The average Bonchev–Trinajstić information content (AvgIpc) is 2.38.